The van der Waals surface area contributed by atoms with E-state index < -0.39 is 6.04 Å². The molecule has 1 amide bonds. The van der Waals surface area contributed by atoms with Gasteiger partial charge in [-0.05, 0) is 31.6 Å². The number of nitrogens with two attached hydrogens (primary N) is 1. The molecule has 1 aliphatic rings. The highest BCUT2D eigenvalue weighted by Crippen LogP contribution is 2.28. The lowest BCUT2D eigenvalue weighted by atomic mass is 10.00. The largest absolute Gasteiger partial charge is 0.320 e. The number of aromatic nitrogens is 1. The number of hydrogen-bond donors (Lipinski definition) is 2. The second-order valence-corrected chi connectivity index (χ2v) is 6.79. The first-order chi connectivity index (χ1) is 9.61. The summed E-state index contributed by atoms with van der Waals surface area (Å²) >= 11 is 1.62. The zero-order valence-electron chi connectivity index (χ0n) is 12.9. The van der Waals surface area contributed by atoms with Gasteiger partial charge in [-0.25, -0.2) is 4.98 Å². The van der Waals surface area contributed by atoms with E-state index in [4.69, 9.17) is 5.73 Å². The minimum absolute atomic E-state index is 0. The Balaban J connectivity index is 0.00000220. The van der Waals surface area contributed by atoms with Crippen LogP contribution in [0.4, 0.5) is 5.13 Å². The van der Waals surface area contributed by atoms with E-state index in [0.29, 0.717) is 0 Å². The molecule has 0 saturated heterocycles. The highest BCUT2D eigenvalue weighted by Gasteiger charge is 2.21. The molecule has 2 rings (SSSR count). The monoisotopic (exact) mass is 331 g/mol. The number of amides is 1. The van der Waals surface area contributed by atoms with E-state index in [1.807, 2.05) is 13.8 Å². The molecule has 0 fully saturated rings. The lowest BCUT2D eigenvalue weighted by Crippen LogP contribution is -2.40. The second-order valence-electron chi connectivity index (χ2n) is 5.70. The second kappa shape index (κ2) is 8.71. The van der Waals surface area contributed by atoms with Crippen LogP contribution in [0.5, 0.6) is 0 Å². The van der Waals surface area contributed by atoms with E-state index in [9.17, 15) is 4.79 Å². The number of rotatable bonds is 4. The molecule has 6 heteroatoms. The summed E-state index contributed by atoms with van der Waals surface area (Å²) in [6, 6.07) is -0.452. The van der Waals surface area contributed by atoms with Gasteiger partial charge in [0.15, 0.2) is 5.13 Å². The Labute approximate surface area is 137 Å². The maximum absolute atomic E-state index is 12.1. The van der Waals surface area contributed by atoms with Gasteiger partial charge in [-0.1, -0.05) is 33.1 Å². The molecule has 0 spiro atoms. The fourth-order valence-electron chi connectivity index (χ4n) is 2.46. The minimum atomic E-state index is -0.452. The molecule has 2 unspecified atom stereocenters. The van der Waals surface area contributed by atoms with Crippen molar-refractivity contribution in [2.75, 3.05) is 5.32 Å². The molecule has 0 saturated carbocycles. The van der Waals surface area contributed by atoms with Crippen LogP contribution in [0, 0.1) is 5.92 Å². The summed E-state index contributed by atoms with van der Waals surface area (Å²) in [6.45, 7) is 4.05. The quantitative estimate of drug-likeness (QED) is 0.886. The molecule has 120 valence electrons. The number of halogens is 1. The number of carbonyl (C=O) groups is 1. The Kier molecular flexibility index (Phi) is 7.63. The van der Waals surface area contributed by atoms with Crippen LogP contribution in [0.1, 0.15) is 56.5 Å². The van der Waals surface area contributed by atoms with Crippen molar-refractivity contribution in [2.24, 2.45) is 11.7 Å². The van der Waals surface area contributed by atoms with Gasteiger partial charge in [0.1, 0.15) is 0 Å². The molecule has 2 atom stereocenters. The summed E-state index contributed by atoms with van der Waals surface area (Å²) in [5, 5.41) is 3.62. The van der Waals surface area contributed by atoms with Gasteiger partial charge in [0, 0.05) is 4.88 Å². The molecule has 1 aromatic heterocycles. The number of hydrogen-bond acceptors (Lipinski definition) is 4. The third-order valence-corrected chi connectivity index (χ3v) is 5.21. The van der Waals surface area contributed by atoms with Crippen LogP contribution in [0.3, 0.4) is 0 Å². The third kappa shape index (κ3) is 4.94. The van der Waals surface area contributed by atoms with Crippen LogP contribution in [0.25, 0.3) is 0 Å². The summed E-state index contributed by atoms with van der Waals surface area (Å²) in [6.07, 6.45) is 8.07. The SMILES string of the molecule is CCC(C)C(N)C(=O)Nc1nc2c(s1)CCCCCC2.Cl. The van der Waals surface area contributed by atoms with Crippen molar-refractivity contribution in [3.05, 3.63) is 10.6 Å². The van der Waals surface area contributed by atoms with Gasteiger partial charge >= 0.3 is 0 Å². The molecule has 0 radical (unpaired) electrons. The smallest absolute Gasteiger partial charge is 0.243 e. The van der Waals surface area contributed by atoms with Crippen molar-refractivity contribution in [3.8, 4) is 0 Å². The topological polar surface area (TPSA) is 68.0 Å². The Morgan fingerprint density at radius 2 is 2.00 bits per heavy atom. The molecule has 1 aliphatic carbocycles. The van der Waals surface area contributed by atoms with Gasteiger partial charge in [0.2, 0.25) is 5.91 Å². The predicted molar refractivity (Wildman–Crippen MR) is 91.3 cm³/mol. The third-order valence-electron chi connectivity index (χ3n) is 4.14. The molecule has 1 heterocycles. The van der Waals surface area contributed by atoms with Crippen LogP contribution < -0.4 is 11.1 Å². The van der Waals surface area contributed by atoms with Crippen molar-refractivity contribution in [1.29, 1.82) is 0 Å². The number of nitrogens with one attached hydrogen (secondary N) is 1. The number of anilines is 1. The zero-order chi connectivity index (χ0) is 14.5. The fourth-order valence-corrected chi connectivity index (χ4v) is 3.51. The van der Waals surface area contributed by atoms with E-state index in [2.05, 4.69) is 10.3 Å². The van der Waals surface area contributed by atoms with Gasteiger partial charge < -0.3 is 11.1 Å². The number of thiazole rings is 1. The predicted octanol–water partition coefficient (Wildman–Crippen LogP) is 3.54. The van der Waals surface area contributed by atoms with Gasteiger partial charge in [-0.15, -0.1) is 23.7 Å². The summed E-state index contributed by atoms with van der Waals surface area (Å²) < 4.78 is 0. The van der Waals surface area contributed by atoms with Gasteiger partial charge in [-0.2, -0.15) is 0 Å². The Hall–Kier alpha value is -0.650. The molecule has 0 bridgehead atoms. The first-order valence-corrected chi connectivity index (χ1v) is 8.48. The first kappa shape index (κ1) is 18.4. The van der Waals surface area contributed by atoms with Gasteiger partial charge in [-0.3, -0.25) is 4.79 Å². The van der Waals surface area contributed by atoms with Crippen molar-refractivity contribution in [2.45, 2.75) is 64.8 Å². The summed E-state index contributed by atoms with van der Waals surface area (Å²) in [5.74, 6) is 0.0806. The molecule has 4 nitrogen and oxygen atoms in total. The van der Waals surface area contributed by atoms with E-state index in [-0.39, 0.29) is 24.2 Å². The summed E-state index contributed by atoms with van der Waals surface area (Å²) in [5.41, 5.74) is 7.14. The molecule has 0 aliphatic heterocycles. The lowest BCUT2D eigenvalue weighted by molar-refractivity contribution is -0.118. The number of fused-ring (bicyclic) bond motifs is 1. The summed E-state index contributed by atoms with van der Waals surface area (Å²) in [4.78, 5) is 18.0. The molecule has 1 aromatic rings. The highest BCUT2D eigenvalue weighted by molar-refractivity contribution is 7.15. The highest BCUT2D eigenvalue weighted by atomic mass is 35.5. The molecule has 3 N–H and O–H groups in total. The molecular formula is C15H26ClN3OS. The first-order valence-electron chi connectivity index (χ1n) is 7.66. The average molecular weight is 332 g/mol. The van der Waals surface area contributed by atoms with Crippen LogP contribution >= 0.6 is 23.7 Å². The molecule has 0 aromatic carbocycles. The standard InChI is InChI=1S/C15H25N3OS.ClH/c1-3-10(2)13(16)14(19)18-15-17-11-8-6-4-5-7-9-12(11)20-15;/h10,13H,3-9,16H2,1-2H3,(H,17,18,19);1H. The number of aryl methyl sites for hydroxylation is 2. The van der Waals surface area contributed by atoms with Gasteiger partial charge in [0.25, 0.3) is 0 Å². The number of carbonyl (C=O) groups excluding carboxylic acids is 1. The van der Waals surface area contributed by atoms with E-state index in [1.165, 1.54) is 36.3 Å². The Bertz CT molecular complexity index is 438. The molecular weight excluding hydrogens is 306 g/mol. The lowest BCUT2D eigenvalue weighted by Gasteiger charge is -2.16. The maximum atomic E-state index is 12.1. The van der Waals surface area contributed by atoms with Crippen LogP contribution in [-0.4, -0.2) is 16.9 Å². The fraction of sp³-hybridized carbons (Fsp3) is 0.733. The maximum Gasteiger partial charge on any atom is 0.243 e. The Morgan fingerprint density at radius 1 is 1.33 bits per heavy atom. The molecule has 21 heavy (non-hydrogen) atoms. The normalized spacial score (nSPS) is 17.7. The van der Waals surface area contributed by atoms with Crippen molar-refractivity contribution < 1.29 is 4.79 Å². The van der Waals surface area contributed by atoms with Crippen LogP contribution in [-0.2, 0) is 17.6 Å². The van der Waals surface area contributed by atoms with Crippen LogP contribution in [0.2, 0.25) is 0 Å². The van der Waals surface area contributed by atoms with Crippen molar-refractivity contribution in [3.63, 3.8) is 0 Å². The van der Waals surface area contributed by atoms with Gasteiger partial charge in [0.05, 0.1) is 11.7 Å². The zero-order valence-corrected chi connectivity index (χ0v) is 14.5. The van der Waals surface area contributed by atoms with Crippen molar-refractivity contribution in [1.82, 2.24) is 4.98 Å². The van der Waals surface area contributed by atoms with Crippen molar-refractivity contribution >= 4 is 34.8 Å². The average Bonchev–Trinajstić information content (AvgIpc) is 2.78. The number of nitrogens with zero attached hydrogens (tertiary/aromatic N) is 1. The minimum Gasteiger partial charge on any atom is -0.320 e. The van der Waals surface area contributed by atoms with E-state index >= 15 is 0 Å². The van der Waals surface area contributed by atoms with E-state index in [1.54, 1.807) is 11.3 Å². The summed E-state index contributed by atoms with van der Waals surface area (Å²) in [7, 11) is 0. The van der Waals surface area contributed by atoms with E-state index in [0.717, 1.165) is 24.4 Å². The van der Waals surface area contributed by atoms with Crippen LogP contribution in [0.15, 0.2) is 0 Å². The Morgan fingerprint density at radius 3 is 2.67 bits per heavy atom.